The van der Waals surface area contributed by atoms with Crippen LogP contribution in [0.25, 0.3) is 0 Å². The lowest BCUT2D eigenvalue weighted by molar-refractivity contribution is 0.741. The van der Waals surface area contributed by atoms with Gasteiger partial charge in [0, 0.05) is 11.6 Å². The number of rotatable bonds is 2. The van der Waals surface area contributed by atoms with Gasteiger partial charge in [0.1, 0.15) is 0 Å². The molecule has 0 bridgehead atoms. The highest BCUT2D eigenvalue weighted by molar-refractivity contribution is 6.30. The van der Waals surface area contributed by atoms with E-state index in [1.165, 1.54) is 0 Å². The van der Waals surface area contributed by atoms with Crippen molar-refractivity contribution in [1.29, 1.82) is 0 Å². The number of benzene rings is 1. The quantitative estimate of drug-likeness (QED) is 0.501. The number of nitrogens with one attached hydrogen (secondary N) is 1. The first kappa shape index (κ1) is 7.54. The largest absolute Gasteiger partial charge is 0.271 e. The summed E-state index contributed by atoms with van der Waals surface area (Å²) in [6.07, 6.45) is 0. The van der Waals surface area contributed by atoms with E-state index in [1.54, 1.807) is 0 Å². The van der Waals surface area contributed by atoms with Gasteiger partial charge >= 0.3 is 0 Å². The van der Waals surface area contributed by atoms with Crippen molar-refractivity contribution in [2.24, 2.45) is 5.84 Å². The molecule has 0 heterocycles. The molecule has 0 aliphatic heterocycles. The predicted octanol–water partition coefficient (Wildman–Crippen LogP) is 1.30. The van der Waals surface area contributed by atoms with Gasteiger partial charge in [0.05, 0.1) is 0 Å². The summed E-state index contributed by atoms with van der Waals surface area (Å²) in [5.74, 6) is 5.12. The lowest BCUT2D eigenvalue weighted by atomic mass is 10.2. The van der Waals surface area contributed by atoms with Crippen LogP contribution in [0.1, 0.15) is 5.56 Å². The molecule has 1 aromatic rings. The number of nitrogens with two attached hydrogens (primary N) is 1. The van der Waals surface area contributed by atoms with Crippen LogP contribution >= 0.6 is 11.6 Å². The SMILES string of the molecule is NNCc1cccc(Cl)c1. The maximum atomic E-state index is 5.71. The summed E-state index contributed by atoms with van der Waals surface area (Å²) in [5.41, 5.74) is 3.65. The van der Waals surface area contributed by atoms with E-state index >= 15 is 0 Å². The van der Waals surface area contributed by atoms with Crippen molar-refractivity contribution in [1.82, 2.24) is 5.43 Å². The topological polar surface area (TPSA) is 38.0 Å². The molecule has 0 saturated heterocycles. The van der Waals surface area contributed by atoms with Crippen molar-refractivity contribution in [3.05, 3.63) is 34.9 Å². The first-order valence-electron chi connectivity index (χ1n) is 3.01. The van der Waals surface area contributed by atoms with Crippen molar-refractivity contribution in [2.75, 3.05) is 0 Å². The predicted molar refractivity (Wildman–Crippen MR) is 42.5 cm³/mol. The maximum absolute atomic E-state index is 5.71. The van der Waals surface area contributed by atoms with Crippen LogP contribution in [-0.4, -0.2) is 0 Å². The van der Waals surface area contributed by atoms with Gasteiger partial charge in [0.15, 0.2) is 0 Å². The van der Waals surface area contributed by atoms with Gasteiger partial charge in [0.25, 0.3) is 0 Å². The highest BCUT2D eigenvalue weighted by atomic mass is 35.5. The molecule has 0 radical (unpaired) electrons. The Hall–Kier alpha value is -0.570. The Balaban J connectivity index is 2.75. The fourth-order valence-corrected chi connectivity index (χ4v) is 0.978. The molecule has 0 spiro atoms. The van der Waals surface area contributed by atoms with Gasteiger partial charge in [-0.15, -0.1) is 0 Å². The first-order valence-corrected chi connectivity index (χ1v) is 3.38. The molecule has 10 heavy (non-hydrogen) atoms. The molecule has 2 nitrogen and oxygen atoms in total. The Morgan fingerprint density at radius 2 is 2.30 bits per heavy atom. The van der Waals surface area contributed by atoms with Gasteiger partial charge < -0.3 is 0 Å². The van der Waals surface area contributed by atoms with Crippen molar-refractivity contribution >= 4 is 11.6 Å². The van der Waals surface area contributed by atoms with Crippen molar-refractivity contribution < 1.29 is 0 Å². The smallest absolute Gasteiger partial charge is 0.0409 e. The van der Waals surface area contributed by atoms with Gasteiger partial charge in [-0.2, -0.15) is 0 Å². The number of hydrogen-bond donors (Lipinski definition) is 2. The maximum Gasteiger partial charge on any atom is 0.0409 e. The monoisotopic (exact) mass is 156 g/mol. The molecule has 0 aliphatic carbocycles. The van der Waals surface area contributed by atoms with Gasteiger partial charge in [-0.25, -0.2) is 0 Å². The van der Waals surface area contributed by atoms with Crippen molar-refractivity contribution in [3.8, 4) is 0 Å². The second kappa shape index (κ2) is 3.56. The molecule has 1 aromatic carbocycles. The summed E-state index contributed by atoms with van der Waals surface area (Å²) < 4.78 is 0. The third-order valence-electron chi connectivity index (χ3n) is 1.20. The van der Waals surface area contributed by atoms with E-state index in [0.717, 1.165) is 10.6 Å². The van der Waals surface area contributed by atoms with Crippen LogP contribution in [0.2, 0.25) is 5.02 Å². The van der Waals surface area contributed by atoms with Crippen LogP contribution in [0.3, 0.4) is 0 Å². The minimum absolute atomic E-state index is 0.653. The molecule has 0 aliphatic rings. The Morgan fingerprint density at radius 1 is 1.50 bits per heavy atom. The Labute approximate surface area is 65.0 Å². The van der Waals surface area contributed by atoms with E-state index in [4.69, 9.17) is 17.4 Å². The zero-order valence-corrected chi connectivity index (χ0v) is 6.23. The lowest BCUT2D eigenvalue weighted by Gasteiger charge is -1.98. The molecular formula is C7H9ClN2. The second-order valence-corrected chi connectivity index (χ2v) is 2.45. The van der Waals surface area contributed by atoms with Gasteiger partial charge in [-0.3, -0.25) is 11.3 Å². The Kier molecular flexibility index (Phi) is 2.68. The molecule has 3 heteroatoms. The van der Waals surface area contributed by atoms with E-state index in [-0.39, 0.29) is 0 Å². The van der Waals surface area contributed by atoms with Crippen LogP contribution in [0, 0.1) is 0 Å². The molecule has 0 atom stereocenters. The van der Waals surface area contributed by atoms with Crippen LogP contribution < -0.4 is 11.3 Å². The molecule has 1 rings (SSSR count). The molecule has 0 aromatic heterocycles. The average Bonchev–Trinajstić information content (AvgIpc) is 1.88. The van der Waals surface area contributed by atoms with Gasteiger partial charge in [-0.05, 0) is 17.7 Å². The lowest BCUT2D eigenvalue weighted by Crippen LogP contribution is -2.20. The zero-order valence-electron chi connectivity index (χ0n) is 5.47. The number of hydrazine groups is 1. The molecular weight excluding hydrogens is 148 g/mol. The van der Waals surface area contributed by atoms with Crippen molar-refractivity contribution in [3.63, 3.8) is 0 Å². The molecule has 0 amide bonds. The highest BCUT2D eigenvalue weighted by Gasteiger charge is 1.90. The van der Waals surface area contributed by atoms with Crippen LogP contribution in [-0.2, 0) is 6.54 Å². The summed E-state index contributed by atoms with van der Waals surface area (Å²) in [4.78, 5) is 0. The summed E-state index contributed by atoms with van der Waals surface area (Å²) >= 11 is 5.71. The standard InChI is InChI=1S/C7H9ClN2/c8-7-3-1-2-6(4-7)5-10-9/h1-4,10H,5,9H2. The summed E-state index contributed by atoms with van der Waals surface area (Å²) in [6.45, 7) is 0.653. The molecule has 0 fully saturated rings. The minimum Gasteiger partial charge on any atom is -0.271 e. The summed E-state index contributed by atoms with van der Waals surface area (Å²) in [6, 6.07) is 7.57. The van der Waals surface area contributed by atoms with Gasteiger partial charge in [-0.1, -0.05) is 23.7 Å². The molecule has 54 valence electrons. The molecule has 3 N–H and O–H groups in total. The van der Waals surface area contributed by atoms with Gasteiger partial charge in [0.2, 0.25) is 0 Å². The summed E-state index contributed by atoms with van der Waals surface area (Å²) in [7, 11) is 0. The third kappa shape index (κ3) is 1.99. The van der Waals surface area contributed by atoms with E-state index < -0.39 is 0 Å². The molecule has 0 saturated carbocycles. The fraction of sp³-hybridized carbons (Fsp3) is 0.143. The zero-order chi connectivity index (χ0) is 7.40. The summed E-state index contributed by atoms with van der Waals surface area (Å²) in [5, 5.41) is 0.743. The van der Waals surface area contributed by atoms with E-state index in [2.05, 4.69) is 5.43 Å². The fourth-order valence-electron chi connectivity index (χ4n) is 0.765. The van der Waals surface area contributed by atoms with E-state index in [1.807, 2.05) is 24.3 Å². The first-order chi connectivity index (χ1) is 4.83. The number of hydrogen-bond acceptors (Lipinski definition) is 2. The normalized spacial score (nSPS) is 9.80. The van der Waals surface area contributed by atoms with Crippen LogP contribution in [0.4, 0.5) is 0 Å². The Bertz CT molecular complexity index is 213. The van der Waals surface area contributed by atoms with Crippen LogP contribution in [0.15, 0.2) is 24.3 Å². The second-order valence-electron chi connectivity index (χ2n) is 2.01. The highest BCUT2D eigenvalue weighted by Crippen LogP contribution is 2.09. The minimum atomic E-state index is 0.653. The third-order valence-corrected chi connectivity index (χ3v) is 1.43. The number of halogens is 1. The van der Waals surface area contributed by atoms with Crippen LogP contribution in [0.5, 0.6) is 0 Å². The van der Waals surface area contributed by atoms with Crippen molar-refractivity contribution in [2.45, 2.75) is 6.54 Å². The van der Waals surface area contributed by atoms with E-state index in [0.29, 0.717) is 6.54 Å². The Morgan fingerprint density at radius 3 is 2.90 bits per heavy atom. The molecule has 0 unspecified atom stereocenters. The van der Waals surface area contributed by atoms with E-state index in [9.17, 15) is 0 Å². The average molecular weight is 157 g/mol.